The van der Waals surface area contributed by atoms with Crippen LogP contribution in [0.5, 0.6) is 0 Å². The van der Waals surface area contributed by atoms with E-state index in [1.54, 1.807) is 0 Å². The molecule has 0 spiro atoms. The fraction of sp³-hybridized carbons (Fsp3) is 0.929. The number of amides is 1. The van der Waals surface area contributed by atoms with E-state index in [-0.39, 0.29) is 5.41 Å². The van der Waals surface area contributed by atoms with Gasteiger partial charge in [-0.25, -0.2) is 4.79 Å². The van der Waals surface area contributed by atoms with Crippen molar-refractivity contribution >= 4 is 6.09 Å². The zero-order chi connectivity index (χ0) is 14.5. The molecule has 1 saturated heterocycles. The maximum atomic E-state index is 12.1. The van der Waals surface area contributed by atoms with Crippen LogP contribution >= 0.6 is 0 Å². The number of carbonyl (C=O) groups excluding carboxylic acids is 1. The van der Waals surface area contributed by atoms with Gasteiger partial charge in [0.25, 0.3) is 0 Å². The Bertz CT molecular complexity index is 381. The summed E-state index contributed by atoms with van der Waals surface area (Å²) in [6, 6.07) is 0. The van der Waals surface area contributed by atoms with Gasteiger partial charge >= 0.3 is 6.09 Å². The quantitative estimate of drug-likeness (QED) is 0.802. The number of rotatable bonds is 2. The first-order chi connectivity index (χ1) is 8.52. The number of hydrogen-bond donors (Lipinski definition) is 2. The van der Waals surface area contributed by atoms with Crippen molar-refractivity contribution in [1.82, 2.24) is 5.32 Å². The zero-order valence-electron chi connectivity index (χ0n) is 12.6. The average molecular weight is 270 g/mol. The largest absolute Gasteiger partial charge is 0.444 e. The second-order valence-corrected chi connectivity index (χ2v) is 7.54. The second kappa shape index (κ2) is 4.09. The van der Waals surface area contributed by atoms with Crippen LogP contribution in [0.3, 0.4) is 0 Å². The van der Waals surface area contributed by atoms with Crippen molar-refractivity contribution in [3.05, 3.63) is 0 Å². The Balaban J connectivity index is 2.12. The van der Waals surface area contributed by atoms with Gasteiger partial charge < -0.3 is 20.5 Å². The number of alkyl carbamates (subject to hydrolysis) is 1. The summed E-state index contributed by atoms with van der Waals surface area (Å²) in [5, 5.41) is 3.00. The van der Waals surface area contributed by atoms with E-state index in [1.165, 1.54) is 0 Å². The second-order valence-electron chi connectivity index (χ2n) is 7.54. The molecule has 1 aliphatic heterocycles. The van der Waals surface area contributed by atoms with Crippen LogP contribution in [0.25, 0.3) is 0 Å². The Morgan fingerprint density at radius 3 is 2.32 bits per heavy atom. The third-order valence-corrected chi connectivity index (χ3v) is 4.42. The van der Waals surface area contributed by atoms with Crippen LogP contribution in [0.4, 0.5) is 4.79 Å². The van der Waals surface area contributed by atoms with Gasteiger partial charge in [-0.2, -0.15) is 0 Å². The number of nitrogens with one attached hydrogen (secondary N) is 1. The summed E-state index contributed by atoms with van der Waals surface area (Å²) in [5.74, 6) is 0. The molecule has 1 aliphatic carbocycles. The van der Waals surface area contributed by atoms with Crippen LogP contribution in [0, 0.1) is 5.41 Å². The number of carbonyl (C=O) groups is 1. The molecule has 1 amide bonds. The monoisotopic (exact) mass is 270 g/mol. The van der Waals surface area contributed by atoms with Crippen LogP contribution in [-0.2, 0) is 9.47 Å². The van der Waals surface area contributed by atoms with Gasteiger partial charge in [-0.05, 0) is 39.0 Å². The van der Waals surface area contributed by atoms with Gasteiger partial charge in [-0.15, -0.1) is 0 Å². The molecule has 2 fully saturated rings. The van der Waals surface area contributed by atoms with Crippen molar-refractivity contribution in [2.45, 2.75) is 64.1 Å². The fourth-order valence-corrected chi connectivity index (χ4v) is 3.10. The topological polar surface area (TPSA) is 73.6 Å². The molecule has 5 heteroatoms. The predicted molar refractivity (Wildman–Crippen MR) is 72.9 cm³/mol. The van der Waals surface area contributed by atoms with E-state index in [1.807, 2.05) is 20.8 Å². The van der Waals surface area contributed by atoms with Gasteiger partial charge in [-0.1, -0.05) is 13.8 Å². The summed E-state index contributed by atoms with van der Waals surface area (Å²) in [5.41, 5.74) is 5.13. The highest BCUT2D eigenvalue weighted by atomic mass is 16.6. The first kappa shape index (κ1) is 14.6. The lowest BCUT2D eigenvalue weighted by Gasteiger charge is -2.38. The highest BCUT2D eigenvalue weighted by Crippen LogP contribution is 2.60. The Hall–Kier alpha value is -0.810. The lowest BCUT2D eigenvalue weighted by Crippen LogP contribution is -2.64. The molecule has 0 aromatic carbocycles. The molecule has 3 N–H and O–H groups in total. The molecular formula is C14H26N2O3. The SMILES string of the molecule is CC(C)(C)OC(=O)NC1(C2(N)CC2(C)C)CCOC1. The number of nitrogens with two attached hydrogens (primary N) is 1. The molecule has 2 unspecified atom stereocenters. The van der Waals surface area contributed by atoms with Crippen molar-refractivity contribution < 1.29 is 14.3 Å². The molecule has 0 aromatic heterocycles. The molecule has 2 rings (SSSR count). The van der Waals surface area contributed by atoms with Crippen molar-refractivity contribution in [3.8, 4) is 0 Å². The summed E-state index contributed by atoms with van der Waals surface area (Å²) < 4.78 is 10.9. The lowest BCUT2D eigenvalue weighted by atomic mass is 9.82. The molecule has 19 heavy (non-hydrogen) atoms. The fourth-order valence-electron chi connectivity index (χ4n) is 3.10. The normalized spacial score (nSPS) is 36.9. The summed E-state index contributed by atoms with van der Waals surface area (Å²) in [6.45, 7) is 10.9. The van der Waals surface area contributed by atoms with Crippen molar-refractivity contribution in [1.29, 1.82) is 0 Å². The van der Waals surface area contributed by atoms with E-state index in [0.29, 0.717) is 13.2 Å². The maximum absolute atomic E-state index is 12.1. The van der Waals surface area contributed by atoms with Gasteiger partial charge in [0.1, 0.15) is 5.60 Å². The van der Waals surface area contributed by atoms with Crippen LogP contribution in [0.1, 0.15) is 47.5 Å². The van der Waals surface area contributed by atoms with E-state index >= 15 is 0 Å². The average Bonchev–Trinajstić information content (AvgIpc) is 2.60. The van der Waals surface area contributed by atoms with Crippen LogP contribution < -0.4 is 11.1 Å². The van der Waals surface area contributed by atoms with Crippen LogP contribution in [0.2, 0.25) is 0 Å². The van der Waals surface area contributed by atoms with Crippen LogP contribution in [0.15, 0.2) is 0 Å². The van der Waals surface area contributed by atoms with E-state index in [0.717, 1.165) is 12.8 Å². The summed E-state index contributed by atoms with van der Waals surface area (Å²) >= 11 is 0. The van der Waals surface area contributed by atoms with Gasteiger partial charge in [0.15, 0.2) is 0 Å². The van der Waals surface area contributed by atoms with Crippen molar-refractivity contribution in [3.63, 3.8) is 0 Å². The summed E-state index contributed by atoms with van der Waals surface area (Å²) in [4.78, 5) is 12.1. The predicted octanol–water partition coefficient (Wildman–Crippen LogP) is 1.80. The van der Waals surface area contributed by atoms with Crippen LogP contribution in [-0.4, -0.2) is 36.0 Å². The van der Waals surface area contributed by atoms with E-state index in [9.17, 15) is 4.79 Å². The molecule has 0 aromatic rings. The minimum absolute atomic E-state index is 0.0235. The molecular weight excluding hydrogens is 244 g/mol. The van der Waals surface area contributed by atoms with Gasteiger partial charge in [-0.3, -0.25) is 0 Å². The van der Waals surface area contributed by atoms with Crippen molar-refractivity contribution in [2.75, 3.05) is 13.2 Å². The first-order valence-electron chi connectivity index (χ1n) is 6.89. The van der Waals surface area contributed by atoms with E-state index < -0.39 is 22.8 Å². The molecule has 1 saturated carbocycles. The third kappa shape index (κ3) is 2.46. The highest BCUT2D eigenvalue weighted by molar-refractivity contribution is 5.69. The minimum atomic E-state index is -0.508. The minimum Gasteiger partial charge on any atom is -0.444 e. The summed E-state index contributed by atoms with van der Waals surface area (Å²) in [6.07, 6.45) is 1.22. The molecule has 1 heterocycles. The van der Waals surface area contributed by atoms with E-state index in [2.05, 4.69) is 19.2 Å². The first-order valence-corrected chi connectivity index (χ1v) is 6.89. The zero-order valence-corrected chi connectivity index (χ0v) is 12.6. The van der Waals surface area contributed by atoms with Crippen molar-refractivity contribution in [2.24, 2.45) is 11.1 Å². The van der Waals surface area contributed by atoms with Gasteiger partial charge in [0.2, 0.25) is 0 Å². The molecule has 110 valence electrons. The number of hydrogen-bond acceptors (Lipinski definition) is 4. The molecule has 0 radical (unpaired) electrons. The Labute approximate surface area is 115 Å². The highest BCUT2D eigenvalue weighted by Gasteiger charge is 2.70. The number of ether oxygens (including phenoxy) is 2. The smallest absolute Gasteiger partial charge is 0.408 e. The summed E-state index contributed by atoms with van der Waals surface area (Å²) in [7, 11) is 0. The van der Waals surface area contributed by atoms with E-state index in [4.69, 9.17) is 15.2 Å². The van der Waals surface area contributed by atoms with Gasteiger partial charge in [0, 0.05) is 12.1 Å². The van der Waals surface area contributed by atoms with Gasteiger partial charge in [0.05, 0.1) is 12.1 Å². The molecule has 2 aliphatic rings. The molecule has 2 atom stereocenters. The Morgan fingerprint density at radius 1 is 1.37 bits per heavy atom. The molecule has 5 nitrogen and oxygen atoms in total. The molecule has 0 bridgehead atoms. The standard InChI is InChI=1S/C14H26N2O3/c1-11(2,3)19-10(17)16-13(6-7-18-9-13)14(15)8-12(14,4)5/h6-9,15H2,1-5H3,(H,16,17). The Morgan fingerprint density at radius 2 is 1.95 bits per heavy atom. The Kier molecular flexibility index (Phi) is 3.14. The third-order valence-electron chi connectivity index (χ3n) is 4.42. The lowest BCUT2D eigenvalue weighted by molar-refractivity contribution is 0.0393. The maximum Gasteiger partial charge on any atom is 0.408 e.